The van der Waals surface area contributed by atoms with Crippen LogP contribution in [0, 0.1) is 0 Å². The minimum absolute atomic E-state index is 0.0632. The normalized spacial score (nSPS) is 11.9. The maximum absolute atomic E-state index is 13.6. The van der Waals surface area contributed by atoms with Crippen LogP contribution in [0.4, 0.5) is 11.4 Å². The first kappa shape index (κ1) is 31.0. The largest absolute Gasteiger partial charge is 0.379 e. The minimum atomic E-state index is -4.23. The van der Waals surface area contributed by atoms with Crippen LogP contribution in [-0.2, 0) is 21.5 Å². The molecule has 3 aromatic rings. The van der Waals surface area contributed by atoms with Gasteiger partial charge < -0.3 is 19.3 Å². The molecule has 2 amide bonds. The molecule has 1 N–H and O–H groups in total. The monoisotopic (exact) mass is 585 g/mol. The van der Waals surface area contributed by atoms with Crippen molar-refractivity contribution in [1.29, 1.82) is 0 Å². The fraction of sp³-hybridized carbons (Fsp3) is 0.333. The van der Waals surface area contributed by atoms with Crippen molar-refractivity contribution in [1.82, 2.24) is 4.90 Å². The second kappa shape index (κ2) is 13.7. The summed E-state index contributed by atoms with van der Waals surface area (Å²) < 4.78 is 32.5. The van der Waals surface area contributed by atoms with E-state index in [9.17, 15) is 18.0 Å². The molecule has 1 atom stereocenters. The van der Waals surface area contributed by atoms with E-state index in [1.165, 1.54) is 31.2 Å². The number of rotatable bonds is 12. The van der Waals surface area contributed by atoms with Crippen LogP contribution in [0.5, 0.6) is 5.75 Å². The van der Waals surface area contributed by atoms with Crippen molar-refractivity contribution in [3.05, 3.63) is 82.9 Å². The number of halogens is 1. The van der Waals surface area contributed by atoms with Gasteiger partial charge in [0, 0.05) is 55.6 Å². The van der Waals surface area contributed by atoms with Gasteiger partial charge in [-0.1, -0.05) is 36.7 Å². The summed E-state index contributed by atoms with van der Waals surface area (Å²) in [6.45, 7) is 10.9. The molecule has 40 heavy (non-hydrogen) atoms. The van der Waals surface area contributed by atoms with Crippen molar-refractivity contribution >= 4 is 44.9 Å². The maximum Gasteiger partial charge on any atom is 0.339 e. The number of nitrogens with zero attached hydrogens (tertiary/aromatic N) is 2. The Morgan fingerprint density at radius 1 is 0.975 bits per heavy atom. The molecular weight excluding hydrogens is 550 g/mol. The van der Waals surface area contributed by atoms with Gasteiger partial charge in [-0.25, -0.2) is 0 Å². The van der Waals surface area contributed by atoms with Gasteiger partial charge in [-0.15, -0.1) is 0 Å². The molecule has 8 nitrogen and oxygen atoms in total. The van der Waals surface area contributed by atoms with E-state index in [0.717, 1.165) is 18.8 Å². The molecule has 0 saturated carbocycles. The van der Waals surface area contributed by atoms with Gasteiger partial charge in [-0.05, 0) is 69.7 Å². The molecule has 0 aliphatic rings. The highest BCUT2D eigenvalue weighted by Crippen LogP contribution is 2.31. The molecule has 0 spiro atoms. The topological polar surface area (TPSA) is 96.0 Å². The molecule has 3 rings (SSSR count). The Balaban J connectivity index is 2.04. The molecule has 0 aliphatic heterocycles. The SMILES string of the molecule is CC[C@@H](C)N(Cc1ccc(N(CC)CC)cc1OS(=O)(=O)c1ccc(NC(C)=O)cc1)C(=O)c1ccccc1Cl. The average molecular weight is 586 g/mol. The summed E-state index contributed by atoms with van der Waals surface area (Å²) in [7, 11) is -4.23. The first-order valence-corrected chi connectivity index (χ1v) is 15.0. The first-order chi connectivity index (χ1) is 19.0. The van der Waals surface area contributed by atoms with Gasteiger partial charge in [0.25, 0.3) is 5.91 Å². The van der Waals surface area contributed by atoms with Crippen LogP contribution in [0.25, 0.3) is 0 Å². The number of hydrogen-bond donors (Lipinski definition) is 1. The third-order valence-corrected chi connectivity index (χ3v) is 8.25. The standard InChI is InChI=1S/C30H36ClN3O5S/c1-6-21(4)34(30(36)27-11-9-10-12-28(27)31)20-23-13-16-25(33(7-2)8-3)19-29(23)39-40(37,38)26-17-14-24(15-18-26)32-22(5)35/h9-19,21H,6-8,20H2,1-5H3,(H,32,35)/t21-/m1/s1. The van der Waals surface area contributed by atoms with E-state index in [1.807, 2.05) is 33.8 Å². The third-order valence-electron chi connectivity index (χ3n) is 6.67. The van der Waals surface area contributed by atoms with E-state index in [4.69, 9.17) is 15.8 Å². The van der Waals surface area contributed by atoms with Crippen molar-refractivity contribution < 1.29 is 22.2 Å². The fourth-order valence-electron chi connectivity index (χ4n) is 4.23. The molecular formula is C30H36ClN3O5S. The second-order valence-electron chi connectivity index (χ2n) is 9.38. The second-order valence-corrected chi connectivity index (χ2v) is 11.3. The zero-order chi connectivity index (χ0) is 29.4. The van der Waals surface area contributed by atoms with Crippen molar-refractivity contribution in [2.45, 2.75) is 58.5 Å². The van der Waals surface area contributed by atoms with Crippen LogP contribution in [0.3, 0.4) is 0 Å². The third kappa shape index (κ3) is 7.55. The van der Waals surface area contributed by atoms with Crippen molar-refractivity contribution in [2.24, 2.45) is 0 Å². The molecule has 0 radical (unpaired) electrons. The maximum atomic E-state index is 13.6. The lowest BCUT2D eigenvalue weighted by Gasteiger charge is -2.30. The molecule has 214 valence electrons. The van der Waals surface area contributed by atoms with Crippen molar-refractivity contribution in [3.8, 4) is 5.75 Å². The molecule has 3 aromatic carbocycles. The lowest BCUT2D eigenvalue weighted by atomic mass is 10.1. The Morgan fingerprint density at radius 3 is 2.20 bits per heavy atom. The van der Waals surface area contributed by atoms with Crippen LogP contribution in [0.2, 0.25) is 5.02 Å². The highest BCUT2D eigenvalue weighted by atomic mass is 35.5. The Labute approximate surface area is 242 Å². The smallest absolute Gasteiger partial charge is 0.339 e. The zero-order valence-electron chi connectivity index (χ0n) is 23.5. The molecule has 0 bridgehead atoms. The van der Waals surface area contributed by atoms with Crippen molar-refractivity contribution in [3.63, 3.8) is 0 Å². The first-order valence-electron chi connectivity index (χ1n) is 13.3. The summed E-state index contributed by atoms with van der Waals surface area (Å²) in [6, 6.07) is 17.8. The number of carbonyl (C=O) groups is 2. The summed E-state index contributed by atoms with van der Waals surface area (Å²) in [5, 5.41) is 2.96. The van der Waals surface area contributed by atoms with E-state index in [2.05, 4.69) is 10.2 Å². The van der Waals surface area contributed by atoms with Gasteiger partial charge in [0.1, 0.15) is 10.6 Å². The van der Waals surface area contributed by atoms with Crippen LogP contribution in [0.15, 0.2) is 71.6 Å². The number of nitrogens with one attached hydrogen (secondary N) is 1. The molecule has 0 fully saturated rings. The van der Waals surface area contributed by atoms with Gasteiger partial charge >= 0.3 is 10.1 Å². The Bertz CT molecular complexity index is 1440. The number of amides is 2. The van der Waals surface area contributed by atoms with Crippen LogP contribution >= 0.6 is 11.6 Å². The van der Waals surface area contributed by atoms with Gasteiger partial charge in [0.15, 0.2) is 0 Å². The van der Waals surface area contributed by atoms with Gasteiger partial charge in [-0.3, -0.25) is 9.59 Å². The fourth-order valence-corrected chi connectivity index (χ4v) is 5.41. The number of hydrogen-bond acceptors (Lipinski definition) is 6. The lowest BCUT2D eigenvalue weighted by Crippen LogP contribution is -2.38. The van der Waals surface area contributed by atoms with Crippen LogP contribution < -0.4 is 14.4 Å². The summed E-state index contributed by atoms with van der Waals surface area (Å²) in [5.41, 5.74) is 2.18. The molecule has 10 heteroatoms. The molecule has 0 heterocycles. The number of anilines is 2. The Hall–Kier alpha value is -3.56. The van der Waals surface area contributed by atoms with Gasteiger partial charge in [-0.2, -0.15) is 8.42 Å². The van der Waals surface area contributed by atoms with Crippen LogP contribution in [0.1, 0.15) is 57.0 Å². The summed E-state index contributed by atoms with van der Waals surface area (Å²) in [6.07, 6.45) is 0.683. The highest BCUT2D eigenvalue weighted by Gasteiger charge is 2.26. The predicted octanol–water partition coefficient (Wildman–Crippen LogP) is 6.35. The predicted molar refractivity (Wildman–Crippen MR) is 160 cm³/mol. The molecule has 0 aliphatic carbocycles. The van der Waals surface area contributed by atoms with Crippen LogP contribution in [-0.4, -0.2) is 44.3 Å². The summed E-state index contributed by atoms with van der Waals surface area (Å²) >= 11 is 6.35. The lowest BCUT2D eigenvalue weighted by molar-refractivity contribution is -0.114. The zero-order valence-corrected chi connectivity index (χ0v) is 25.1. The number of benzene rings is 3. The van der Waals surface area contributed by atoms with E-state index in [1.54, 1.807) is 41.3 Å². The Kier molecular flexibility index (Phi) is 10.6. The van der Waals surface area contributed by atoms with E-state index in [-0.39, 0.29) is 35.0 Å². The number of carbonyl (C=O) groups excluding carboxylic acids is 2. The quantitative estimate of drug-likeness (QED) is 0.249. The van der Waals surface area contributed by atoms with Gasteiger partial charge in [0.05, 0.1) is 10.6 Å². The molecule has 0 unspecified atom stereocenters. The highest BCUT2D eigenvalue weighted by molar-refractivity contribution is 7.87. The average Bonchev–Trinajstić information content (AvgIpc) is 2.92. The summed E-state index contributed by atoms with van der Waals surface area (Å²) in [4.78, 5) is 28.6. The van der Waals surface area contributed by atoms with E-state index < -0.39 is 10.1 Å². The van der Waals surface area contributed by atoms with Gasteiger partial charge in [0.2, 0.25) is 5.91 Å². The van der Waals surface area contributed by atoms with Crippen molar-refractivity contribution in [2.75, 3.05) is 23.3 Å². The Morgan fingerprint density at radius 2 is 1.62 bits per heavy atom. The van der Waals surface area contributed by atoms with E-state index in [0.29, 0.717) is 28.3 Å². The van der Waals surface area contributed by atoms with E-state index >= 15 is 0 Å². The summed E-state index contributed by atoms with van der Waals surface area (Å²) in [5.74, 6) is -0.382. The minimum Gasteiger partial charge on any atom is -0.379 e. The molecule has 0 aromatic heterocycles. The molecule has 0 saturated heterocycles.